The third-order valence-electron chi connectivity index (χ3n) is 2.89. The molecule has 1 aromatic rings. The van der Waals surface area contributed by atoms with Gasteiger partial charge >= 0.3 is 0 Å². The second-order valence-corrected chi connectivity index (χ2v) is 4.30. The van der Waals surface area contributed by atoms with E-state index in [2.05, 4.69) is 17.3 Å². The lowest BCUT2D eigenvalue weighted by molar-refractivity contribution is 0.228. The van der Waals surface area contributed by atoms with Crippen molar-refractivity contribution in [3.8, 4) is 0 Å². The van der Waals surface area contributed by atoms with Crippen LogP contribution < -0.4 is 5.32 Å². The second kappa shape index (κ2) is 4.77. The molecule has 1 aromatic heterocycles. The molecule has 4 heteroatoms. The Balaban J connectivity index is 1.77. The number of aliphatic hydroxyl groups is 1. The SMILES string of the molecule is Cc1ccnn1CCC(CO)NC1CC1. The minimum atomic E-state index is 0.219. The average molecular weight is 209 g/mol. The molecule has 0 bridgehead atoms. The van der Waals surface area contributed by atoms with Gasteiger partial charge in [0.05, 0.1) is 6.61 Å². The van der Waals surface area contributed by atoms with E-state index in [1.54, 1.807) is 0 Å². The molecule has 1 aliphatic carbocycles. The van der Waals surface area contributed by atoms with E-state index in [1.165, 1.54) is 18.5 Å². The van der Waals surface area contributed by atoms with Crippen LogP contribution >= 0.6 is 0 Å². The topological polar surface area (TPSA) is 50.1 Å². The second-order valence-electron chi connectivity index (χ2n) is 4.30. The number of hydrogen-bond donors (Lipinski definition) is 2. The normalized spacial score (nSPS) is 18.0. The fraction of sp³-hybridized carbons (Fsp3) is 0.727. The van der Waals surface area contributed by atoms with E-state index in [-0.39, 0.29) is 12.6 Å². The van der Waals surface area contributed by atoms with Crippen molar-refractivity contribution in [1.82, 2.24) is 15.1 Å². The molecule has 0 saturated heterocycles. The first kappa shape index (κ1) is 10.6. The molecule has 1 fully saturated rings. The van der Waals surface area contributed by atoms with Gasteiger partial charge in [0.1, 0.15) is 0 Å². The zero-order chi connectivity index (χ0) is 10.7. The highest BCUT2D eigenvalue weighted by molar-refractivity contribution is 4.96. The molecule has 0 spiro atoms. The number of aromatic nitrogens is 2. The Morgan fingerprint density at radius 1 is 1.67 bits per heavy atom. The van der Waals surface area contributed by atoms with Gasteiger partial charge in [-0.1, -0.05) is 0 Å². The van der Waals surface area contributed by atoms with Crippen molar-refractivity contribution in [2.24, 2.45) is 0 Å². The van der Waals surface area contributed by atoms with Gasteiger partial charge in [-0.2, -0.15) is 5.10 Å². The maximum absolute atomic E-state index is 9.21. The Morgan fingerprint density at radius 3 is 3.00 bits per heavy atom. The Morgan fingerprint density at radius 2 is 2.47 bits per heavy atom. The quantitative estimate of drug-likeness (QED) is 0.725. The van der Waals surface area contributed by atoms with Gasteiger partial charge in [-0.05, 0) is 32.3 Å². The molecule has 1 unspecified atom stereocenters. The van der Waals surface area contributed by atoms with Crippen LogP contribution in [-0.4, -0.2) is 33.6 Å². The molecule has 1 aliphatic rings. The molecule has 2 N–H and O–H groups in total. The first-order chi connectivity index (χ1) is 7.29. The lowest BCUT2D eigenvalue weighted by atomic mass is 10.2. The molecule has 4 nitrogen and oxygen atoms in total. The van der Waals surface area contributed by atoms with Gasteiger partial charge in [0.2, 0.25) is 0 Å². The van der Waals surface area contributed by atoms with Gasteiger partial charge in [0.15, 0.2) is 0 Å². The molecular weight excluding hydrogens is 190 g/mol. The maximum atomic E-state index is 9.21. The van der Waals surface area contributed by atoms with Gasteiger partial charge in [-0.25, -0.2) is 0 Å². The molecule has 0 aliphatic heterocycles. The first-order valence-corrected chi connectivity index (χ1v) is 5.65. The lowest BCUT2D eigenvalue weighted by Gasteiger charge is -2.16. The third-order valence-corrected chi connectivity index (χ3v) is 2.89. The average Bonchev–Trinajstić information content (AvgIpc) is 2.96. The van der Waals surface area contributed by atoms with Crippen LogP contribution in [0.15, 0.2) is 12.3 Å². The Kier molecular flexibility index (Phi) is 3.38. The van der Waals surface area contributed by atoms with Crippen LogP contribution in [-0.2, 0) is 6.54 Å². The number of rotatable bonds is 6. The molecule has 0 amide bonds. The van der Waals surface area contributed by atoms with Crippen LogP contribution in [0.4, 0.5) is 0 Å². The fourth-order valence-corrected chi connectivity index (χ4v) is 1.72. The molecule has 1 saturated carbocycles. The molecule has 1 heterocycles. The van der Waals surface area contributed by atoms with E-state index in [1.807, 2.05) is 16.9 Å². The summed E-state index contributed by atoms with van der Waals surface area (Å²) in [5.74, 6) is 0. The highest BCUT2D eigenvalue weighted by Crippen LogP contribution is 2.20. The molecule has 0 aromatic carbocycles. The Hall–Kier alpha value is -0.870. The lowest BCUT2D eigenvalue weighted by Crippen LogP contribution is -2.35. The monoisotopic (exact) mass is 209 g/mol. The van der Waals surface area contributed by atoms with Crippen LogP contribution in [0.5, 0.6) is 0 Å². The summed E-state index contributed by atoms with van der Waals surface area (Å²) in [6.45, 7) is 3.15. The highest BCUT2D eigenvalue weighted by atomic mass is 16.3. The van der Waals surface area contributed by atoms with E-state index >= 15 is 0 Å². The molecular formula is C11H19N3O. The van der Waals surface area contributed by atoms with Crippen LogP contribution in [0.2, 0.25) is 0 Å². The summed E-state index contributed by atoms with van der Waals surface area (Å²) < 4.78 is 1.98. The fourth-order valence-electron chi connectivity index (χ4n) is 1.72. The number of nitrogens with one attached hydrogen (secondary N) is 1. The van der Waals surface area contributed by atoms with Crippen molar-refractivity contribution < 1.29 is 5.11 Å². The van der Waals surface area contributed by atoms with Gasteiger partial charge < -0.3 is 10.4 Å². The van der Waals surface area contributed by atoms with E-state index in [0.29, 0.717) is 6.04 Å². The van der Waals surface area contributed by atoms with E-state index in [4.69, 9.17) is 0 Å². The van der Waals surface area contributed by atoms with Crippen LogP contribution in [0, 0.1) is 6.92 Å². The molecule has 84 valence electrons. The number of hydrogen-bond acceptors (Lipinski definition) is 3. The van der Waals surface area contributed by atoms with E-state index in [0.717, 1.165) is 13.0 Å². The van der Waals surface area contributed by atoms with Crippen LogP contribution in [0.25, 0.3) is 0 Å². The predicted octanol–water partition coefficient (Wildman–Crippen LogP) is 0.695. The van der Waals surface area contributed by atoms with Crippen molar-refractivity contribution in [2.75, 3.05) is 6.61 Å². The number of aliphatic hydroxyl groups excluding tert-OH is 1. The zero-order valence-corrected chi connectivity index (χ0v) is 9.19. The Bertz CT molecular complexity index is 307. The largest absolute Gasteiger partial charge is 0.395 e. The zero-order valence-electron chi connectivity index (χ0n) is 9.19. The summed E-state index contributed by atoms with van der Waals surface area (Å²) in [5, 5.41) is 16.9. The molecule has 2 rings (SSSR count). The van der Waals surface area contributed by atoms with Gasteiger partial charge in [0.25, 0.3) is 0 Å². The first-order valence-electron chi connectivity index (χ1n) is 5.65. The summed E-state index contributed by atoms with van der Waals surface area (Å²) in [5.41, 5.74) is 1.18. The molecule has 15 heavy (non-hydrogen) atoms. The van der Waals surface area contributed by atoms with Crippen molar-refractivity contribution >= 4 is 0 Å². The smallest absolute Gasteiger partial charge is 0.0585 e. The number of nitrogens with zero attached hydrogens (tertiary/aromatic N) is 2. The van der Waals surface area contributed by atoms with E-state index in [9.17, 15) is 5.11 Å². The van der Waals surface area contributed by atoms with Gasteiger partial charge in [-0.3, -0.25) is 4.68 Å². The minimum absolute atomic E-state index is 0.219. The van der Waals surface area contributed by atoms with Gasteiger partial charge in [-0.15, -0.1) is 0 Å². The standard InChI is InChI=1S/C11H19N3O/c1-9-4-6-12-14(9)7-5-11(8-15)13-10-2-3-10/h4,6,10-11,13,15H,2-3,5,7-8H2,1H3. The predicted molar refractivity (Wildman–Crippen MR) is 58.6 cm³/mol. The van der Waals surface area contributed by atoms with Crippen LogP contribution in [0.3, 0.4) is 0 Å². The third kappa shape index (κ3) is 3.04. The highest BCUT2D eigenvalue weighted by Gasteiger charge is 2.23. The summed E-state index contributed by atoms with van der Waals surface area (Å²) in [6, 6.07) is 2.88. The van der Waals surface area contributed by atoms with Crippen molar-refractivity contribution in [1.29, 1.82) is 0 Å². The van der Waals surface area contributed by atoms with Crippen molar-refractivity contribution in [3.63, 3.8) is 0 Å². The van der Waals surface area contributed by atoms with Crippen molar-refractivity contribution in [2.45, 2.75) is 44.8 Å². The maximum Gasteiger partial charge on any atom is 0.0585 e. The van der Waals surface area contributed by atoms with Crippen molar-refractivity contribution in [3.05, 3.63) is 18.0 Å². The summed E-state index contributed by atoms with van der Waals surface area (Å²) >= 11 is 0. The summed E-state index contributed by atoms with van der Waals surface area (Å²) in [6.07, 6.45) is 5.28. The Labute approximate surface area is 90.3 Å². The van der Waals surface area contributed by atoms with Crippen LogP contribution in [0.1, 0.15) is 25.0 Å². The summed E-state index contributed by atoms with van der Waals surface area (Å²) in [4.78, 5) is 0. The summed E-state index contributed by atoms with van der Waals surface area (Å²) in [7, 11) is 0. The molecule has 0 radical (unpaired) electrons. The minimum Gasteiger partial charge on any atom is -0.395 e. The number of aryl methyl sites for hydroxylation is 2. The van der Waals surface area contributed by atoms with Gasteiger partial charge in [0, 0.05) is 30.5 Å². The van der Waals surface area contributed by atoms with E-state index < -0.39 is 0 Å². The molecule has 1 atom stereocenters.